The summed E-state index contributed by atoms with van der Waals surface area (Å²) in [5.74, 6) is 0.188. The molecule has 1 aromatic rings. The lowest BCUT2D eigenvalue weighted by Gasteiger charge is -2.62. The van der Waals surface area contributed by atoms with Crippen LogP contribution in [0.25, 0.3) is 0 Å². The van der Waals surface area contributed by atoms with E-state index in [2.05, 4.69) is 0 Å². The van der Waals surface area contributed by atoms with Crippen molar-refractivity contribution < 1.29 is 24.9 Å². The van der Waals surface area contributed by atoms with Gasteiger partial charge in [0.05, 0.1) is 23.5 Å². The van der Waals surface area contributed by atoms with Crippen LogP contribution in [-0.4, -0.2) is 54.1 Å². The Balaban J connectivity index is 1.81. The Morgan fingerprint density at radius 2 is 2.39 bits per heavy atom. The summed E-state index contributed by atoms with van der Waals surface area (Å²) in [6.45, 7) is 0.544. The minimum absolute atomic E-state index is 0.0593. The second-order valence-corrected chi connectivity index (χ2v) is 7.12. The number of ketones is 1. The number of likely N-dealkylation sites (N-methyl/N-ethyl adjacent to an activating group) is 1. The van der Waals surface area contributed by atoms with E-state index in [0.717, 1.165) is 5.56 Å². The molecule has 2 aliphatic carbocycles. The maximum absolute atomic E-state index is 12.8. The van der Waals surface area contributed by atoms with E-state index in [0.29, 0.717) is 18.5 Å². The average Bonchev–Trinajstić information content (AvgIpc) is 2.93. The quantitative estimate of drug-likeness (QED) is 0.838. The fourth-order valence-corrected chi connectivity index (χ4v) is 5.33. The van der Waals surface area contributed by atoms with Crippen LogP contribution in [0.5, 0.6) is 11.5 Å². The Kier molecular flexibility index (Phi) is 1.83. The largest absolute Gasteiger partial charge is 0.493 e. The molecule has 2 bridgehead atoms. The summed E-state index contributed by atoms with van der Waals surface area (Å²) in [6, 6.07) is 2.01. The van der Waals surface area contributed by atoms with Gasteiger partial charge in [0.2, 0.25) is 0 Å². The van der Waals surface area contributed by atoms with Gasteiger partial charge < -0.3 is 19.5 Å². The van der Waals surface area contributed by atoms with Crippen LogP contribution in [0, 0.1) is 0 Å². The van der Waals surface area contributed by atoms with Crippen molar-refractivity contribution in [2.45, 2.75) is 48.8 Å². The third-order valence-corrected chi connectivity index (χ3v) is 6.35. The molecule has 4 atom stereocenters. The van der Waals surface area contributed by atoms with Crippen molar-refractivity contribution in [1.82, 2.24) is 4.90 Å². The van der Waals surface area contributed by atoms with Gasteiger partial charge >= 0.3 is 0 Å². The van der Waals surface area contributed by atoms with Crippen LogP contribution < -0.4 is 9.47 Å². The van der Waals surface area contributed by atoms with Crippen molar-refractivity contribution in [3.63, 3.8) is 0 Å². The van der Waals surface area contributed by atoms with E-state index >= 15 is 0 Å². The minimum atomic E-state index is -2.65. The molecule has 122 valence electrons. The SMILES string of the molecule is [2H]C([2H])([2H])Oc1ccc2c3c1OC1C(=O)CC[C@]4(O)[C@@]31CCN(C)[C@]4([2H])C2. The normalized spacial score (nSPS) is 46.9. The highest BCUT2D eigenvalue weighted by Gasteiger charge is 2.72. The number of rotatable bonds is 1. The van der Waals surface area contributed by atoms with Gasteiger partial charge in [-0.1, -0.05) is 6.07 Å². The molecule has 1 N–H and O–H groups in total. The third-order valence-electron chi connectivity index (χ3n) is 6.35. The molecule has 5 heteroatoms. The van der Waals surface area contributed by atoms with Gasteiger partial charge in [-0.25, -0.2) is 0 Å². The monoisotopic (exact) mass is 319 g/mol. The average molecular weight is 319 g/mol. The second-order valence-electron chi connectivity index (χ2n) is 7.12. The molecule has 23 heavy (non-hydrogen) atoms. The minimum Gasteiger partial charge on any atom is -0.493 e. The number of aliphatic hydroxyl groups is 1. The van der Waals surface area contributed by atoms with E-state index in [4.69, 9.17) is 15.0 Å². The van der Waals surface area contributed by atoms with Gasteiger partial charge in [-0.05, 0) is 44.5 Å². The first-order valence-electron chi connectivity index (χ1n) is 10.0. The van der Waals surface area contributed by atoms with Crippen LogP contribution in [0.3, 0.4) is 0 Å². The molecule has 2 fully saturated rings. The molecule has 5 rings (SSSR count). The van der Waals surface area contributed by atoms with Gasteiger partial charge in [0.1, 0.15) is 0 Å². The predicted molar refractivity (Wildman–Crippen MR) is 83.0 cm³/mol. The summed E-state index contributed by atoms with van der Waals surface area (Å²) < 4.78 is 42.6. The number of nitrogens with zero attached hydrogens (tertiary/aromatic N) is 1. The second kappa shape index (κ2) is 4.08. The first kappa shape index (κ1) is 10.3. The van der Waals surface area contributed by atoms with Crippen molar-refractivity contribution >= 4 is 5.78 Å². The molecular formula is C18H21NO4. The topological polar surface area (TPSA) is 59.0 Å². The number of carbonyl (C=O) groups excluding carboxylic acids is 1. The fraction of sp³-hybridized carbons (Fsp3) is 0.611. The molecule has 0 aromatic heterocycles. The van der Waals surface area contributed by atoms with Crippen molar-refractivity contribution in [2.24, 2.45) is 0 Å². The number of hydrogen-bond donors (Lipinski definition) is 1. The van der Waals surface area contributed by atoms with Gasteiger partial charge in [-0.2, -0.15) is 0 Å². The Morgan fingerprint density at radius 1 is 1.52 bits per heavy atom. The van der Waals surface area contributed by atoms with Crippen LogP contribution in [0.4, 0.5) is 0 Å². The van der Waals surface area contributed by atoms with Crippen LogP contribution in [-0.2, 0) is 16.6 Å². The van der Waals surface area contributed by atoms with E-state index in [1.807, 2.05) is 11.9 Å². The molecule has 1 unspecified atom stereocenters. The standard InChI is InChI=1S/C18H21NO4/c1-19-8-7-17-14-10-3-4-12(22-2)15(14)23-16(17)11(20)5-6-18(17,21)13(19)9-10/h3-4,13,16,21H,5-9H2,1-2H3/t13-,16?,17+,18-/m1/s1/i2D3,13D. The molecule has 0 amide bonds. The van der Waals surface area contributed by atoms with Crippen LogP contribution >= 0.6 is 0 Å². The molecular weight excluding hydrogens is 294 g/mol. The number of Topliss-reactive ketones (excluding diaryl/α,β-unsaturated/α-hetero) is 1. The third kappa shape index (κ3) is 1.32. The molecule has 2 heterocycles. The van der Waals surface area contributed by atoms with E-state index in [1.165, 1.54) is 6.07 Å². The van der Waals surface area contributed by atoms with E-state index in [1.54, 1.807) is 6.07 Å². The summed E-state index contributed by atoms with van der Waals surface area (Å²) >= 11 is 0. The Bertz CT molecular complexity index is 874. The number of piperidine rings is 1. The van der Waals surface area contributed by atoms with Crippen molar-refractivity contribution in [2.75, 3.05) is 20.6 Å². The summed E-state index contributed by atoms with van der Waals surface area (Å²) in [5.41, 5.74) is -1.01. The lowest BCUT2D eigenvalue weighted by atomic mass is 9.49. The Hall–Kier alpha value is -1.59. The Morgan fingerprint density at radius 3 is 3.22 bits per heavy atom. The summed E-state index contributed by atoms with van der Waals surface area (Å²) in [7, 11) is -0.822. The predicted octanol–water partition coefficient (Wildman–Crippen LogP) is 1.05. The van der Waals surface area contributed by atoms with E-state index in [-0.39, 0.29) is 36.5 Å². The number of hydrogen-bond acceptors (Lipinski definition) is 5. The number of benzene rings is 1. The lowest BCUT2D eigenvalue weighted by molar-refractivity contribution is -0.185. The van der Waals surface area contributed by atoms with Gasteiger partial charge in [-0.3, -0.25) is 4.79 Å². The summed E-state index contributed by atoms with van der Waals surface area (Å²) in [6.07, 6.45) is 0.167. The zero-order valence-corrected chi connectivity index (χ0v) is 12.9. The van der Waals surface area contributed by atoms with Crippen molar-refractivity contribution in [3.05, 3.63) is 23.3 Å². The molecule has 1 saturated carbocycles. The van der Waals surface area contributed by atoms with Gasteiger partial charge in [0.15, 0.2) is 23.4 Å². The smallest absolute Gasteiger partial charge is 0.174 e. The molecule has 1 spiro atoms. The number of likely N-dealkylation sites (tertiary alicyclic amines) is 1. The molecule has 2 aliphatic heterocycles. The highest BCUT2D eigenvalue weighted by Crippen LogP contribution is 2.64. The maximum atomic E-state index is 12.8. The number of ether oxygens (including phenoxy) is 2. The summed E-state index contributed by atoms with van der Waals surface area (Å²) in [4.78, 5) is 14.6. The maximum Gasteiger partial charge on any atom is 0.174 e. The fourth-order valence-electron chi connectivity index (χ4n) is 5.33. The molecule has 1 aromatic carbocycles. The molecule has 5 nitrogen and oxygen atoms in total. The molecule has 4 aliphatic rings. The zero-order chi connectivity index (χ0) is 19.4. The molecule has 0 radical (unpaired) electrons. The van der Waals surface area contributed by atoms with Gasteiger partial charge in [0, 0.05) is 18.0 Å². The lowest BCUT2D eigenvalue weighted by Crippen LogP contribution is -2.76. The van der Waals surface area contributed by atoms with Crippen molar-refractivity contribution in [1.29, 1.82) is 0 Å². The van der Waals surface area contributed by atoms with E-state index in [9.17, 15) is 9.90 Å². The van der Waals surface area contributed by atoms with Gasteiger partial charge in [-0.15, -0.1) is 0 Å². The molecule has 1 saturated heterocycles. The van der Waals surface area contributed by atoms with Gasteiger partial charge in [0.25, 0.3) is 0 Å². The number of methoxy groups -OCH3 is 1. The van der Waals surface area contributed by atoms with Crippen LogP contribution in [0.2, 0.25) is 0 Å². The highest BCUT2D eigenvalue weighted by molar-refractivity contribution is 5.90. The van der Waals surface area contributed by atoms with Crippen LogP contribution in [0.1, 0.15) is 35.9 Å². The van der Waals surface area contributed by atoms with Crippen LogP contribution in [0.15, 0.2) is 12.1 Å². The first-order valence-corrected chi connectivity index (χ1v) is 8.02. The Labute approximate surface area is 140 Å². The van der Waals surface area contributed by atoms with E-state index < -0.39 is 30.2 Å². The zero-order valence-electron chi connectivity index (χ0n) is 16.9. The first-order chi connectivity index (χ1) is 12.5. The highest BCUT2D eigenvalue weighted by atomic mass is 16.5. The van der Waals surface area contributed by atoms with Crippen molar-refractivity contribution in [3.8, 4) is 11.5 Å². The summed E-state index contributed by atoms with van der Waals surface area (Å²) in [5, 5.41) is 11.9. The number of carbonyl (C=O) groups is 1.